The van der Waals surface area contributed by atoms with Crippen LogP contribution in [-0.2, 0) is 14.6 Å². The van der Waals surface area contributed by atoms with Gasteiger partial charge in [0.15, 0.2) is 5.82 Å². The van der Waals surface area contributed by atoms with Gasteiger partial charge < -0.3 is 10.1 Å². The van der Waals surface area contributed by atoms with Crippen molar-refractivity contribution in [1.29, 1.82) is 5.26 Å². The fourth-order valence-corrected chi connectivity index (χ4v) is 4.38. The lowest BCUT2D eigenvalue weighted by atomic mass is 9.82. The van der Waals surface area contributed by atoms with Crippen molar-refractivity contribution < 1.29 is 13.2 Å². The maximum Gasteiger partial charge on any atom is 0.166 e. The largest absolute Gasteiger partial charge is 0.381 e. The molecule has 0 atom stereocenters. The molecule has 0 aliphatic carbocycles. The number of aromatic nitrogens is 2. The Hall–Kier alpha value is -1.72. The Labute approximate surface area is 137 Å². The molecule has 126 valence electrons. The lowest BCUT2D eigenvalue weighted by Crippen LogP contribution is -2.41. The van der Waals surface area contributed by atoms with E-state index in [1.54, 1.807) is 6.92 Å². The summed E-state index contributed by atoms with van der Waals surface area (Å²) in [5.74, 6) is 0.506. The number of anilines is 1. The topological polar surface area (TPSA) is 105 Å². The van der Waals surface area contributed by atoms with Crippen molar-refractivity contribution in [3.63, 3.8) is 0 Å². The molecule has 0 amide bonds. The first kappa shape index (κ1) is 17.6. The molecule has 1 aliphatic heterocycles. The third-order valence-corrected chi connectivity index (χ3v) is 5.46. The normalized spacial score (nSPS) is 17.5. The third-order valence-electron chi connectivity index (χ3n) is 4.32. The minimum atomic E-state index is -3.11. The zero-order chi connectivity index (χ0) is 17.1. The SMILES string of the molecule is Cc1nnc(NCC2(CS(C)(=O)=O)CCOCC2)c(C#N)c1C. The van der Waals surface area contributed by atoms with Crippen LogP contribution in [0.1, 0.15) is 29.7 Å². The smallest absolute Gasteiger partial charge is 0.166 e. The lowest BCUT2D eigenvalue weighted by Gasteiger charge is -2.36. The van der Waals surface area contributed by atoms with Gasteiger partial charge in [0.05, 0.1) is 11.4 Å². The molecule has 1 saturated heterocycles. The van der Waals surface area contributed by atoms with E-state index in [-0.39, 0.29) is 5.75 Å². The highest BCUT2D eigenvalue weighted by atomic mass is 32.2. The van der Waals surface area contributed by atoms with Crippen LogP contribution in [0.4, 0.5) is 5.82 Å². The van der Waals surface area contributed by atoms with Gasteiger partial charge in [0.1, 0.15) is 21.5 Å². The molecule has 1 fully saturated rings. The monoisotopic (exact) mass is 338 g/mol. The van der Waals surface area contributed by atoms with Crippen LogP contribution in [0.15, 0.2) is 0 Å². The number of rotatable bonds is 5. The molecule has 0 aromatic carbocycles. The average Bonchev–Trinajstić information content (AvgIpc) is 2.48. The number of hydrogen-bond donors (Lipinski definition) is 1. The zero-order valence-electron chi connectivity index (χ0n) is 13.7. The summed E-state index contributed by atoms with van der Waals surface area (Å²) in [6.07, 6.45) is 2.57. The molecule has 0 spiro atoms. The average molecular weight is 338 g/mol. The molecule has 0 radical (unpaired) electrons. The number of ether oxygens (including phenoxy) is 1. The van der Waals surface area contributed by atoms with E-state index in [1.165, 1.54) is 6.26 Å². The minimum absolute atomic E-state index is 0.0938. The van der Waals surface area contributed by atoms with Crippen molar-refractivity contribution in [1.82, 2.24) is 10.2 Å². The van der Waals surface area contributed by atoms with Crippen molar-refractivity contribution in [2.45, 2.75) is 26.7 Å². The molecule has 2 heterocycles. The fourth-order valence-electron chi connectivity index (χ4n) is 2.87. The second kappa shape index (κ2) is 6.81. The van der Waals surface area contributed by atoms with Gasteiger partial charge in [-0.05, 0) is 32.3 Å². The van der Waals surface area contributed by atoms with E-state index in [4.69, 9.17) is 4.74 Å². The number of sulfone groups is 1. The van der Waals surface area contributed by atoms with Crippen molar-refractivity contribution in [2.24, 2.45) is 5.41 Å². The maximum atomic E-state index is 11.8. The first-order chi connectivity index (χ1) is 10.8. The molecule has 2 rings (SSSR count). The molecule has 7 nitrogen and oxygen atoms in total. The number of nitriles is 1. The summed E-state index contributed by atoms with van der Waals surface area (Å²) in [5.41, 5.74) is 1.55. The van der Waals surface area contributed by atoms with Gasteiger partial charge in [-0.15, -0.1) is 5.10 Å². The Morgan fingerprint density at radius 1 is 1.30 bits per heavy atom. The van der Waals surface area contributed by atoms with E-state index in [1.807, 2.05) is 6.92 Å². The second-order valence-electron chi connectivity index (χ2n) is 6.28. The van der Waals surface area contributed by atoms with E-state index in [0.29, 0.717) is 49.7 Å². The van der Waals surface area contributed by atoms with E-state index in [0.717, 1.165) is 5.56 Å². The number of hydrogen-bond acceptors (Lipinski definition) is 7. The van der Waals surface area contributed by atoms with Crippen LogP contribution in [0.2, 0.25) is 0 Å². The van der Waals surface area contributed by atoms with Gasteiger partial charge in [0.25, 0.3) is 0 Å². The van der Waals surface area contributed by atoms with E-state index >= 15 is 0 Å². The lowest BCUT2D eigenvalue weighted by molar-refractivity contribution is 0.0315. The Morgan fingerprint density at radius 3 is 2.52 bits per heavy atom. The number of aryl methyl sites for hydroxylation is 1. The molecule has 1 N–H and O–H groups in total. The summed E-state index contributed by atoms with van der Waals surface area (Å²) >= 11 is 0. The van der Waals surface area contributed by atoms with E-state index in [9.17, 15) is 13.7 Å². The predicted molar refractivity (Wildman–Crippen MR) is 86.9 cm³/mol. The highest BCUT2D eigenvalue weighted by molar-refractivity contribution is 7.90. The predicted octanol–water partition coefficient (Wildman–Crippen LogP) is 1.22. The summed E-state index contributed by atoms with van der Waals surface area (Å²) in [6, 6.07) is 2.15. The Kier molecular flexibility index (Phi) is 5.22. The van der Waals surface area contributed by atoms with Crippen molar-refractivity contribution >= 4 is 15.7 Å². The minimum Gasteiger partial charge on any atom is -0.381 e. The summed E-state index contributed by atoms with van der Waals surface area (Å²) in [4.78, 5) is 0. The Balaban J connectivity index is 2.23. The van der Waals surface area contributed by atoms with Crippen LogP contribution in [0.5, 0.6) is 0 Å². The van der Waals surface area contributed by atoms with Crippen molar-refractivity contribution in [3.05, 3.63) is 16.8 Å². The molecule has 1 aromatic heterocycles. The molecule has 0 bridgehead atoms. The molecule has 8 heteroatoms. The molecule has 0 saturated carbocycles. The summed E-state index contributed by atoms with van der Waals surface area (Å²) in [5, 5.41) is 20.6. The first-order valence-electron chi connectivity index (χ1n) is 7.50. The van der Waals surface area contributed by atoms with Crippen LogP contribution in [0.25, 0.3) is 0 Å². The first-order valence-corrected chi connectivity index (χ1v) is 9.56. The van der Waals surface area contributed by atoms with Gasteiger partial charge >= 0.3 is 0 Å². The van der Waals surface area contributed by atoms with E-state index < -0.39 is 15.3 Å². The van der Waals surface area contributed by atoms with Gasteiger partial charge in [-0.2, -0.15) is 10.4 Å². The molecular weight excluding hydrogens is 316 g/mol. The third kappa shape index (κ3) is 4.39. The molecule has 1 aliphatic rings. The maximum absolute atomic E-state index is 11.8. The fraction of sp³-hybridized carbons (Fsp3) is 0.667. The second-order valence-corrected chi connectivity index (χ2v) is 8.42. The van der Waals surface area contributed by atoms with Crippen molar-refractivity contribution in [3.8, 4) is 6.07 Å². The van der Waals surface area contributed by atoms with Crippen LogP contribution in [0, 0.1) is 30.6 Å². The highest BCUT2D eigenvalue weighted by Gasteiger charge is 2.36. The number of nitrogens with one attached hydrogen (secondary N) is 1. The highest BCUT2D eigenvalue weighted by Crippen LogP contribution is 2.32. The zero-order valence-corrected chi connectivity index (χ0v) is 14.5. The van der Waals surface area contributed by atoms with E-state index in [2.05, 4.69) is 21.6 Å². The van der Waals surface area contributed by atoms with Gasteiger partial charge in [-0.1, -0.05) is 0 Å². The summed E-state index contributed by atoms with van der Waals surface area (Å²) in [7, 11) is -3.11. The molecule has 1 aromatic rings. The molecule has 0 unspecified atom stereocenters. The quantitative estimate of drug-likeness (QED) is 0.860. The van der Waals surface area contributed by atoms with Gasteiger partial charge in [0.2, 0.25) is 0 Å². The van der Waals surface area contributed by atoms with Gasteiger partial charge in [-0.3, -0.25) is 0 Å². The van der Waals surface area contributed by atoms with Crippen LogP contribution < -0.4 is 5.32 Å². The summed E-state index contributed by atoms with van der Waals surface area (Å²) in [6.45, 7) is 5.14. The van der Waals surface area contributed by atoms with Crippen LogP contribution in [-0.4, -0.2) is 50.4 Å². The van der Waals surface area contributed by atoms with Gasteiger partial charge in [-0.25, -0.2) is 8.42 Å². The Bertz CT molecular complexity index is 719. The number of nitrogens with zero attached hydrogens (tertiary/aromatic N) is 3. The molecule has 23 heavy (non-hydrogen) atoms. The van der Waals surface area contributed by atoms with Crippen molar-refractivity contribution in [2.75, 3.05) is 37.1 Å². The summed E-state index contributed by atoms with van der Waals surface area (Å²) < 4.78 is 28.9. The standard InChI is InChI=1S/C15H22N4O3S/c1-11-12(2)18-19-14(13(11)8-16)17-9-15(10-23(3,20)21)4-6-22-7-5-15/h4-7,9-10H2,1-3H3,(H,17,19). The van der Waals surface area contributed by atoms with Gasteiger partial charge in [0, 0.05) is 31.4 Å². The molecular formula is C15H22N4O3S. The Morgan fingerprint density at radius 2 is 1.96 bits per heavy atom. The van der Waals surface area contributed by atoms with Crippen LogP contribution >= 0.6 is 0 Å². The van der Waals surface area contributed by atoms with Crippen LogP contribution in [0.3, 0.4) is 0 Å².